The van der Waals surface area contributed by atoms with Gasteiger partial charge in [0.1, 0.15) is 0 Å². The molecule has 35 heavy (non-hydrogen) atoms. The van der Waals surface area contributed by atoms with E-state index in [4.69, 9.17) is 0 Å². The lowest BCUT2D eigenvalue weighted by molar-refractivity contribution is 0.616. The van der Waals surface area contributed by atoms with Crippen molar-refractivity contribution >= 4 is 16.4 Å². The van der Waals surface area contributed by atoms with Crippen LogP contribution in [0.4, 0.5) is 0 Å². The Kier molecular flexibility index (Phi) is 4.73. The Morgan fingerprint density at radius 1 is 0.714 bits per heavy atom. The second-order valence-electron chi connectivity index (χ2n) is 9.50. The molecule has 3 heteroatoms. The average molecular weight is 452 g/mol. The zero-order valence-corrected chi connectivity index (χ0v) is 19.4. The van der Waals surface area contributed by atoms with Crippen LogP contribution < -0.4 is 0 Å². The third-order valence-electron chi connectivity index (χ3n) is 7.47. The summed E-state index contributed by atoms with van der Waals surface area (Å²) in [6.07, 6.45) is 5.39. The van der Waals surface area contributed by atoms with E-state index in [0.29, 0.717) is 5.92 Å². The fourth-order valence-electron chi connectivity index (χ4n) is 5.67. The minimum atomic E-state index is 0.550. The summed E-state index contributed by atoms with van der Waals surface area (Å²) in [5, 5.41) is 11.3. The predicted molar refractivity (Wildman–Crippen MR) is 143 cm³/mol. The molecular weight excluding hydrogens is 426 g/mol. The second-order valence-corrected chi connectivity index (χ2v) is 9.50. The van der Waals surface area contributed by atoms with E-state index in [9.17, 15) is 0 Å². The van der Waals surface area contributed by atoms with Crippen molar-refractivity contribution in [3.8, 4) is 22.5 Å². The molecule has 7 rings (SSSR count). The fourth-order valence-corrected chi connectivity index (χ4v) is 5.67. The smallest absolute Gasteiger partial charge is 0.168 e. The van der Waals surface area contributed by atoms with Gasteiger partial charge in [-0.1, -0.05) is 97.1 Å². The van der Waals surface area contributed by atoms with Crippen LogP contribution in [0.25, 0.3) is 38.9 Å². The molecule has 1 atom stereocenters. The normalized spacial score (nSPS) is 14.7. The molecule has 0 saturated heterocycles. The van der Waals surface area contributed by atoms with Crippen LogP contribution >= 0.6 is 0 Å². The quantitative estimate of drug-likeness (QED) is 0.278. The van der Waals surface area contributed by atoms with Crippen molar-refractivity contribution < 1.29 is 0 Å². The second kappa shape index (κ2) is 8.21. The number of hydrogen-bond donors (Lipinski definition) is 0. The van der Waals surface area contributed by atoms with Gasteiger partial charge in [-0.15, -0.1) is 10.2 Å². The molecular formula is C32H25N3. The Morgan fingerprint density at radius 2 is 1.49 bits per heavy atom. The maximum Gasteiger partial charge on any atom is 0.168 e. The van der Waals surface area contributed by atoms with E-state index in [1.165, 1.54) is 33.2 Å². The Balaban J connectivity index is 1.14. The standard InChI is InChI=1S/C32H25N3/c1-4-11-29-23(7-1)19-20-35-31(33-34-32(29)35)24-16-13-22(14-17-24)15-18-26-21-25-8-2-3-9-27(25)30-12-6-5-10-28(26)30/h1-14,16-17,19-20,26H,15,18,21H2. The zero-order chi connectivity index (χ0) is 23.2. The van der Waals surface area contributed by atoms with Crippen molar-refractivity contribution in [3.63, 3.8) is 0 Å². The van der Waals surface area contributed by atoms with Gasteiger partial charge in [-0.2, -0.15) is 0 Å². The molecule has 0 bridgehead atoms. The molecule has 6 aromatic rings. The van der Waals surface area contributed by atoms with Crippen molar-refractivity contribution in [3.05, 3.63) is 126 Å². The molecule has 1 aliphatic carbocycles. The summed E-state index contributed by atoms with van der Waals surface area (Å²) in [4.78, 5) is 0. The van der Waals surface area contributed by atoms with Gasteiger partial charge in [0.05, 0.1) is 0 Å². The molecule has 3 nitrogen and oxygen atoms in total. The molecule has 1 unspecified atom stereocenters. The van der Waals surface area contributed by atoms with Gasteiger partial charge in [0.2, 0.25) is 0 Å². The largest absolute Gasteiger partial charge is 0.282 e. The summed E-state index contributed by atoms with van der Waals surface area (Å²) in [6.45, 7) is 0. The van der Waals surface area contributed by atoms with Gasteiger partial charge < -0.3 is 0 Å². The van der Waals surface area contributed by atoms with Crippen LogP contribution in [0.15, 0.2) is 109 Å². The molecule has 0 saturated carbocycles. The van der Waals surface area contributed by atoms with Crippen LogP contribution in [0.1, 0.15) is 29.0 Å². The van der Waals surface area contributed by atoms with Gasteiger partial charge in [-0.3, -0.25) is 4.40 Å². The Hall–Kier alpha value is -4.24. The van der Waals surface area contributed by atoms with Gasteiger partial charge in [0.15, 0.2) is 11.5 Å². The Bertz CT molecular complexity index is 1680. The number of nitrogens with zero attached hydrogens (tertiary/aromatic N) is 3. The van der Waals surface area contributed by atoms with Crippen LogP contribution in [-0.4, -0.2) is 14.6 Å². The molecule has 0 fully saturated rings. The summed E-state index contributed by atoms with van der Waals surface area (Å²) in [7, 11) is 0. The molecule has 0 aliphatic heterocycles. The van der Waals surface area contributed by atoms with E-state index in [0.717, 1.165) is 41.7 Å². The maximum atomic E-state index is 4.52. The first kappa shape index (κ1) is 20.2. The van der Waals surface area contributed by atoms with Crippen molar-refractivity contribution in [2.45, 2.75) is 25.2 Å². The summed E-state index contributed by atoms with van der Waals surface area (Å²) < 4.78 is 2.09. The molecule has 2 heterocycles. The van der Waals surface area contributed by atoms with Gasteiger partial charge >= 0.3 is 0 Å². The SMILES string of the molecule is c1ccc2c(c1)CC(CCc1ccc(-c3nnc4c5ccccc5ccn34)cc1)c1ccccc1-2. The van der Waals surface area contributed by atoms with E-state index < -0.39 is 0 Å². The van der Waals surface area contributed by atoms with E-state index >= 15 is 0 Å². The molecule has 0 spiro atoms. The van der Waals surface area contributed by atoms with Crippen molar-refractivity contribution in [1.29, 1.82) is 0 Å². The van der Waals surface area contributed by atoms with Crippen molar-refractivity contribution in [2.24, 2.45) is 0 Å². The minimum absolute atomic E-state index is 0.550. The maximum absolute atomic E-state index is 4.52. The van der Waals surface area contributed by atoms with Crippen LogP contribution in [-0.2, 0) is 12.8 Å². The average Bonchev–Trinajstić information content (AvgIpc) is 3.37. The Morgan fingerprint density at radius 3 is 2.40 bits per heavy atom. The highest BCUT2D eigenvalue weighted by molar-refractivity contribution is 5.94. The molecule has 2 aromatic heterocycles. The zero-order valence-electron chi connectivity index (χ0n) is 19.4. The topological polar surface area (TPSA) is 30.2 Å². The lowest BCUT2D eigenvalue weighted by Gasteiger charge is -2.28. The summed E-state index contributed by atoms with van der Waals surface area (Å²) >= 11 is 0. The molecule has 0 amide bonds. The third-order valence-corrected chi connectivity index (χ3v) is 7.47. The van der Waals surface area contributed by atoms with Crippen LogP contribution in [0.5, 0.6) is 0 Å². The first-order valence-corrected chi connectivity index (χ1v) is 12.3. The van der Waals surface area contributed by atoms with E-state index in [1.807, 2.05) is 0 Å². The number of pyridine rings is 1. The highest BCUT2D eigenvalue weighted by Crippen LogP contribution is 2.41. The number of benzene rings is 4. The molecule has 168 valence electrons. The number of rotatable bonds is 4. The third kappa shape index (κ3) is 3.43. The monoisotopic (exact) mass is 451 g/mol. The highest BCUT2D eigenvalue weighted by atomic mass is 15.2. The van der Waals surface area contributed by atoms with Gasteiger partial charge in [0, 0.05) is 17.1 Å². The number of hydrogen-bond acceptors (Lipinski definition) is 2. The van der Waals surface area contributed by atoms with E-state index in [1.54, 1.807) is 0 Å². The predicted octanol–water partition coefficient (Wildman–Crippen LogP) is 7.49. The lowest BCUT2D eigenvalue weighted by Crippen LogP contribution is -2.12. The summed E-state index contributed by atoms with van der Waals surface area (Å²) in [5.74, 6) is 1.43. The fraction of sp³-hybridized carbons (Fsp3) is 0.125. The minimum Gasteiger partial charge on any atom is -0.282 e. The van der Waals surface area contributed by atoms with Crippen LogP contribution in [0.2, 0.25) is 0 Å². The lowest BCUT2D eigenvalue weighted by atomic mass is 9.76. The van der Waals surface area contributed by atoms with Crippen molar-refractivity contribution in [2.75, 3.05) is 0 Å². The van der Waals surface area contributed by atoms with Crippen LogP contribution in [0.3, 0.4) is 0 Å². The molecule has 0 N–H and O–H groups in total. The molecule has 0 radical (unpaired) electrons. The van der Waals surface area contributed by atoms with Gasteiger partial charge in [0.25, 0.3) is 0 Å². The Labute approximate surface area is 204 Å². The molecule has 1 aliphatic rings. The highest BCUT2D eigenvalue weighted by Gasteiger charge is 2.23. The summed E-state index contributed by atoms with van der Waals surface area (Å²) in [5.41, 5.74) is 9.12. The van der Waals surface area contributed by atoms with E-state index in [-0.39, 0.29) is 0 Å². The van der Waals surface area contributed by atoms with Gasteiger partial charge in [-0.25, -0.2) is 0 Å². The molecule has 4 aromatic carbocycles. The van der Waals surface area contributed by atoms with E-state index in [2.05, 4.69) is 124 Å². The first-order valence-electron chi connectivity index (χ1n) is 12.3. The number of aromatic nitrogens is 3. The van der Waals surface area contributed by atoms with Crippen molar-refractivity contribution in [1.82, 2.24) is 14.6 Å². The van der Waals surface area contributed by atoms with Crippen LogP contribution in [0, 0.1) is 0 Å². The number of fused-ring (bicyclic) bond motifs is 6. The number of aryl methyl sites for hydroxylation is 1. The van der Waals surface area contributed by atoms with Gasteiger partial charge in [-0.05, 0) is 64.5 Å². The first-order chi connectivity index (χ1) is 17.3. The summed E-state index contributed by atoms with van der Waals surface area (Å²) in [6, 6.07) is 37.1.